The SMILES string of the molecule is CCOC(=O)CC(C)(C)Oc1ccc(C(=O)c2ccc(Cl)cc2)cc1. The smallest absolute Gasteiger partial charge is 0.309 e. The average Bonchev–Trinajstić information content (AvgIpc) is 2.55. The highest BCUT2D eigenvalue weighted by atomic mass is 35.5. The first kappa shape index (κ1) is 19.0. The molecule has 0 fully saturated rings. The van der Waals surface area contributed by atoms with Gasteiger partial charge in [0.15, 0.2) is 5.78 Å². The van der Waals surface area contributed by atoms with Crippen LogP contribution in [0.25, 0.3) is 0 Å². The number of hydrogen-bond acceptors (Lipinski definition) is 4. The molecule has 25 heavy (non-hydrogen) atoms. The third kappa shape index (κ3) is 5.61. The van der Waals surface area contributed by atoms with Crippen LogP contribution in [0.4, 0.5) is 0 Å². The van der Waals surface area contributed by atoms with Gasteiger partial charge in [0.2, 0.25) is 0 Å². The molecule has 0 heterocycles. The molecule has 0 bridgehead atoms. The van der Waals surface area contributed by atoms with Crippen LogP contribution in [-0.4, -0.2) is 24.0 Å². The van der Waals surface area contributed by atoms with E-state index in [0.717, 1.165) is 0 Å². The van der Waals surface area contributed by atoms with Crippen molar-refractivity contribution in [2.45, 2.75) is 32.8 Å². The Morgan fingerprint density at radius 2 is 1.48 bits per heavy atom. The third-order valence-electron chi connectivity index (χ3n) is 3.49. The summed E-state index contributed by atoms with van der Waals surface area (Å²) in [5, 5.41) is 0.587. The molecule has 2 rings (SSSR count). The lowest BCUT2D eigenvalue weighted by Crippen LogP contribution is -2.32. The Bertz CT molecular complexity index is 733. The normalized spacial score (nSPS) is 11.0. The monoisotopic (exact) mass is 360 g/mol. The summed E-state index contributed by atoms with van der Waals surface area (Å²) < 4.78 is 10.8. The first-order chi connectivity index (χ1) is 11.8. The Morgan fingerprint density at radius 1 is 0.960 bits per heavy atom. The zero-order valence-corrected chi connectivity index (χ0v) is 15.3. The maximum atomic E-state index is 12.4. The summed E-state index contributed by atoms with van der Waals surface area (Å²) in [5.41, 5.74) is 0.423. The van der Waals surface area contributed by atoms with E-state index in [0.29, 0.717) is 28.5 Å². The molecule has 0 aliphatic rings. The standard InChI is InChI=1S/C20H21ClO4/c1-4-24-18(22)13-20(2,3)25-17-11-7-15(8-12-17)19(23)14-5-9-16(21)10-6-14/h5-12H,4,13H2,1-3H3. The summed E-state index contributed by atoms with van der Waals surface area (Å²) in [4.78, 5) is 24.0. The maximum absolute atomic E-state index is 12.4. The lowest BCUT2D eigenvalue weighted by molar-refractivity contribution is -0.146. The van der Waals surface area contributed by atoms with Crippen LogP contribution in [0.3, 0.4) is 0 Å². The van der Waals surface area contributed by atoms with E-state index in [-0.39, 0.29) is 18.2 Å². The minimum atomic E-state index is -0.700. The van der Waals surface area contributed by atoms with Crippen molar-refractivity contribution in [1.82, 2.24) is 0 Å². The molecule has 0 radical (unpaired) electrons. The summed E-state index contributed by atoms with van der Waals surface area (Å²) >= 11 is 5.84. The second-order valence-corrected chi connectivity index (χ2v) is 6.64. The Kier molecular flexibility index (Phi) is 6.21. The summed E-state index contributed by atoms with van der Waals surface area (Å²) in [6.07, 6.45) is 0.145. The number of hydrogen-bond donors (Lipinski definition) is 0. The molecule has 132 valence electrons. The fraction of sp³-hybridized carbons (Fsp3) is 0.300. The lowest BCUT2D eigenvalue weighted by atomic mass is 10.0. The van der Waals surface area contributed by atoms with Crippen molar-refractivity contribution in [2.24, 2.45) is 0 Å². The topological polar surface area (TPSA) is 52.6 Å². The van der Waals surface area contributed by atoms with Crippen LogP contribution in [0.1, 0.15) is 43.1 Å². The van der Waals surface area contributed by atoms with Crippen molar-refractivity contribution in [1.29, 1.82) is 0 Å². The van der Waals surface area contributed by atoms with Crippen LogP contribution in [0.2, 0.25) is 5.02 Å². The lowest BCUT2D eigenvalue weighted by Gasteiger charge is -2.25. The van der Waals surface area contributed by atoms with E-state index in [9.17, 15) is 9.59 Å². The molecule has 0 atom stereocenters. The van der Waals surface area contributed by atoms with E-state index in [1.807, 2.05) is 13.8 Å². The van der Waals surface area contributed by atoms with E-state index in [4.69, 9.17) is 21.1 Å². The van der Waals surface area contributed by atoms with Gasteiger partial charge >= 0.3 is 5.97 Å². The first-order valence-corrected chi connectivity index (χ1v) is 8.43. The van der Waals surface area contributed by atoms with Gasteiger partial charge in [0.25, 0.3) is 0 Å². The highest BCUT2D eigenvalue weighted by Crippen LogP contribution is 2.23. The van der Waals surface area contributed by atoms with Crippen molar-refractivity contribution in [3.63, 3.8) is 0 Å². The number of benzene rings is 2. The number of rotatable bonds is 7. The molecule has 0 saturated heterocycles. The van der Waals surface area contributed by atoms with Crippen LogP contribution >= 0.6 is 11.6 Å². The molecule has 0 N–H and O–H groups in total. The Hall–Kier alpha value is -2.33. The zero-order chi connectivity index (χ0) is 18.4. The molecule has 0 saturated carbocycles. The third-order valence-corrected chi connectivity index (χ3v) is 3.74. The number of carbonyl (C=O) groups is 2. The van der Waals surface area contributed by atoms with Crippen LogP contribution in [0, 0.1) is 0 Å². The molecule has 2 aromatic rings. The van der Waals surface area contributed by atoms with Gasteiger partial charge in [-0.3, -0.25) is 9.59 Å². The fourth-order valence-electron chi connectivity index (χ4n) is 2.36. The molecule has 0 aromatic heterocycles. The summed E-state index contributed by atoms with van der Waals surface area (Å²) in [7, 11) is 0. The fourth-order valence-corrected chi connectivity index (χ4v) is 2.48. The summed E-state index contributed by atoms with van der Waals surface area (Å²) in [5.74, 6) is 0.193. The molecule has 0 amide bonds. The van der Waals surface area contributed by atoms with Gasteiger partial charge in [0.05, 0.1) is 13.0 Å². The molecule has 0 unspecified atom stereocenters. The second kappa shape index (κ2) is 8.17. The van der Waals surface area contributed by atoms with Crippen molar-refractivity contribution < 1.29 is 19.1 Å². The van der Waals surface area contributed by atoms with Gasteiger partial charge in [-0.05, 0) is 69.3 Å². The van der Waals surface area contributed by atoms with Crippen LogP contribution in [0.15, 0.2) is 48.5 Å². The number of ketones is 1. The van der Waals surface area contributed by atoms with E-state index >= 15 is 0 Å². The Balaban J connectivity index is 2.05. The second-order valence-electron chi connectivity index (χ2n) is 6.20. The highest BCUT2D eigenvalue weighted by Gasteiger charge is 2.25. The number of esters is 1. The number of carbonyl (C=O) groups excluding carboxylic acids is 2. The number of ether oxygens (including phenoxy) is 2. The zero-order valence-electron chi connectivity index (χ0n) is 14.5. The minimum Gasteiger partial charge on any atom is -0.487 e. The summed E-state index contributed by atoms with van der Waals surface area (Å²) in [6, 6.07) is 13.6. The predicted molar refractivity (Wildman–Crippen MR) is 97.3 cm³/mol. The van der Waals surface area contributed by atoms with Gasteiger partial charge in [0.1, 0.15) is 11.4 Å². The van der Waals surface area contributed by atoms with Crippen molar-refractivity contribution in [3.8, 4) is 5.75 Å². The van der Waals surface area contributed by atoms with E-state index in [2.05, 4.69) is 0 Å². The molecule has 0 aliphatic carbocycles. The molecular formula is C20H21ClO4. The van der Waals surface area contributed by atoms with Crippen LogP contribution in [0.5, 0.6) is 5.75 Å². The molecule has 0 spiro atoms. The quantitative estimate of drug-likeness (QED) is 0.531. The number of halogens is 1. The molecule has 5 heteroatoms. The minimum absolute atomic E-state index is 0.0889. The maximum Gasteiger partial charge on any atom is 0.309 e. The molecule has 4 nitrogen and oxygen atoms in total. The van der Waals surface area contributed by atoms with Gasteiger partial charge in [0, 0.05) is 16.1 Å². The highest BCUT2D eigenvalue weighted by molar-refractivity contribution is 6.30. The molecule has 0 aliphatic heterocycles. The average molecular weight is 361 g/mol. The van der Waals surface area contributed by atoms with Gasteiger partial charge in [-0.2, -0.15) is 0 Å². The predicted octanol–water partition coefficient (Wildman–Crippen LogP) is 4.68. The van der Waals surface area contributed by atoms with E-state index in [1.54, 1.807) is 55.5 Å². The van der Waals surface area contributed by atoms with Gasteiger partial charge in [-0.15, -0.1) is 0 Å². The van der Waals surface area contributed by atoms with Gasteiger partial charge < -0.3 is 9.47 Å². The summed E-state index contributed by atoms with van der Waals surface area (Å²) in [6.45, 7) is 5.74. The van der Waals surface area contributed by atoms with Crippen molar-refractivity contribution in [2.75, 3.05) is 6.61 Å². The van der Waals surface area contributed by atoms with Crippen LogP contribution in [-0.2, 0) is 9.53 Å². The molecular weight excluding hydrogens is 340 g/mol. The van der Waals surface area contributed by atoms with Gasteiger partial charge in [-0.1, -0.05) is 11.6 Å². The van der Waals surface area contributed by atoms with Crippen molar-refractivity contribution >= 4 is 23.4 Å². The van der Waals surface area contributed by atoms with Gasteiger partial charge in [-0.25, -0.2) is 0 Å². The van der Waals surface area contributed by atoms with E-state index < -0.39 is 5.60 Å². The Labute approximate surface area is 152 Å². The largest absolute Gasteiger partial charge is 0.487 e. The Morgan fingerprint density at radius 3 is 2.00 bits per heavy atom. The van der Waals surface area contributed by atoms with Crippen molar-refractivity contribution in [3.05, 3.63) is 64.7 Å². The first-order valence-electron chi connectivity index (χ1n) is 8.06. The van der Waals surface area contributed by atoms with Crippen LogP contribution < -0.4 is 4.74 Å². The van der Waals surface area contributed by atoms with E-state index in [1.165, 1.54) is 0 Å². The molecule has 2 aromatic carbocycles.